The number of hydrogen-bond donors (Lipinski definition) is 3. The first-order chi connectivity index (χ1) is 14.5. The van der Waals surface area contributed by atoms with Gasteiger partial charge in [0.25, 0.3) is 0 Å². The summed E-state index contributed by atoms with van der Waals surface area (Å²) in [5.41, 5.74) is 16.1. The number of β-amino-alcohol motifs (C(OH)–C–C–N with tert-alkyl or cyclic N) is 1. The number of carbonyl (C=O) groups excluding carboxylic acids is 1. The number of nitrogens with zero attached hydrogens (tertiary/aromatic N) is 5. The standard InChI is InChI=1S/C21H23N7O2/c1-13(21(30)27-11-18(29)12-27)24-8-16(7-22)15-6-20-25-10-19(28(20)26-9-15)14-3-2-4-17(23)5-14/h2-10,13,18,29H,11-12,22-23H2,1H3. The monoisotopic (exact) mass is 405 g/mol. The molecular formula is C21H23N7O2. The van der Waals surface area contributed by atoms with Crippen LogP contribution in [0.5, 0.6) is 0 Å². The second kappa shape index (κ2) is 7.96. The number of imidazole rings is 1. The maximum Gasteiger partial charge on any atom is 0.247 e. The summed E-state index contributed by atoms with van der Waals surface area (Å²) >= 11 is 0. The van der Waals surface area contributed by atoms with Gasteiger partial charge in [0.05, 0.1) is 24.2 Å². The Hall–Kier alpha value is -3.72. The topological polar surface area (TPSA) is 135 Å². The number of benzene rings is 1. The van der Waals surface area contributed by atoms with E-state index in [1.54, 1.807) is 34.9 Å². The van der Waals surface area contributed by atoms with Gasteiger partial charge in [-0.1, -0.05) is 12.1 Å². The number of aromatic nitrogens is 3. The number of allylic oxidation sites excluding steroid dienone is 1. The van der Waals surface area contributed by atoms with Crippen LogP contribution >= 0.6 is 0 Å². The molecule has 0 radical (unpaired) electrons. The number of aliphatic imine (C=N–C) groups is 1. The maximum absolute atomic E-state index is 12.3. The Balaban J connectivity index is 1.55. The van der Waals surface area contributed by atoms with Crippen LogP contribution in [0, 0.1) is 0 Å². The lowest BCUT2D eigenvalue weighted by Gasteiger charge is -2.36. The van der Waals surface area contributed by atoms with E-state index in [0.29, 0.717) is 30.0 Å². The van der Waals surface area contributed by atoms with Gasteiger partial charge in [0.2, 0.25) is 5.91 Å². The molecule has 1 saturated heterocycles. The highest BCUT2D eigenvalue weighted by Crippen LogP contribution is 2.23. The number of likely N-dealkylation sites (tertiary alicyclic amines) is 1. The summed E-state index contributed by atoms with van der Waals surface area (Å²) in [6, 6.07) is 8.81. The summed E-state index contributed by atoms with van der Waals surface area (Å²) in [6.45, 7) is 2.42. The van der Waals surface area contributed by atoms with E-state index < -0.39 is 12.1 Å². The van der Waals surface area contributed by atoms with Gasteiger partial charge in [-0.2, -0.15) is 5.10 Å². The van der Waals surface area contributed by atoms with E-state index in [0.717, 1.165) is 16.8 Å². The molecule has 1 unspecified atom stereocenters. The van der Waals surface area contributed by atoms with Crippen molar-refractivity contribution in [2.45, 2.75) is 19.1 Å². The quantitative estimate of drug-likeness (QED) is 0.427. The van der Waals surface area contributed by atoms with E-state index in [9.17, 15) is 9.90 Å². The second-order valence-corrected chi connectivity index (χ2v) is 7.26. The predicted molar refractivity (Wildman–Crippen MR) is 116 cm³/mol. The van der Waals surface area contributed by atoms with Crippen molar-refractivity contribution in [3.8, 4) is 11.3 Å². The highest BCUT2D eigenvalue weighted by Gasteiger charge is 2.31. The van der Waals surface area contributed by atoms with Gasteiger partial charge in [0.1, 0.15) is 6.04 Å². The summed E-state index contributed by atoms with van der Waals surface area (Å²) in [5.74, 6) is -0.124. The van der Waals surface area contributed by atoms with Gasteiger partial charge in [0.15, 0.2) is 5.65 Å². The zero-order valence-electron chi connectivity index (χ0n) is 16.5. The van der Waals surface area contributed by atoms with Crippen LogP contribution in [0.3, 0.4) is 0 Å². The van der Waals surface area contributed by atoms with Crippen molar-refractivity contribution in [2.24, 2.45) is 10.7 Å². The second-order valence-electron chi connectivity index (χ2n) is 7.26. The third-order valence-electron chi connectivity index (χ3n) is 5.03. The number of hydrogen-bond acceptors (Lipinski definition) is 7. The molecule has 5 N–H and O–H groups in total. The molecule has 4 rings (SSSR count). The Bertz CT molecular complexity index is 1150. The van der Waals surface area contributed by atoms with Crippen LogP contribution in [0.2, 0.25) is 0 Å². The first kappa shape index (κ1) is 19.6. The maximum atomic E-state index is 12.3. The van der Waals surface area contributed by atoms with E-state index in [2.05, 4.69) is 15.1 Å². The fourth-order valence-corrected chi connectivity index (χ4v) is 3.30. The lowest BCUT2D eigenvalue weighted by atomic mass is 10.1. The van der Waals surface area contributed by atoms with Crippen LogP contribution in [-0.4, -0.2) is 62.0 Å². The number of anilines is 1. The molecule has 0 spiro atoms. The van der Waals surface area contributed by atoms with Gasteiger partial charge < -0.3 is 21.5 Å². The average Bonchev–Trinajstić information content (AvgIpc) is 3.14. The SMILES string of the molecule is CC(N=CC(=CN)c1cnn2c(-c3cccc(N)c3)cnc2c1)C(=O)N1CC(O)C1. The Kier molecular flexibility index (Phi) is 5.20. The first-order valence-electron chi connectivity index (χ1n) is 9.58. The minimum absolute atomic E-state index is 0.124. The molecule has 0 aliphatic carbocycles. The minimum atomic E-state index is -0.564. The van der Waals surface area contributed by atoms with Crippen LogP contribution in [0.4, 0.5) is 5.69 Å². The van der Waals surface area contributed by atoms with Crippen LogP contribution in [0.15, 0.2) is 53.9 Å². The number of nitrogens with two attached hydrogens (primary N) is 2. The van der Waals surface area contributed by atoms with Crippen molar-refractivity contribution < 1.29 is 9.90 Å². The molecule has 3 aromatic rings. The van der Waals surface area contributed by atoms with Gasteiger partial charge in [-0.15, -0.1) is 0 Å². The van der Waals surface area contributed by atoms with Gasteiger partial charge in [-0.05, 0) is 25.1 Å². The highest BCUT2D eigenvalue weighted by atomic mass is 16.3. The zero-order valence-corrected chi connectivity index (χ0v) is 16.5. The zero-order chi connectivity index (χ0) is 21.3. The van der Waals surface area contributed by atoms with Gasteiger partial charge in [-0.25, -0.2) is 9.50 Å². The number of amides is 1. The Morgan fingerprint density at radius 2 is 2.13 bits per heavy atom. The molecule has 1 atom stereocenters. The number of aliphatic hydroxyl groups excluding tert-OH is 1. The first-order valence-corrected chi connectivity index (χ1v) is 9.58. The van der Waals surface area contributed by atoms with Crippen molar-refractivity contribution >= 4 is 29.0 Å². The van der Waals surface area contributed by atoms with E-state index in [1.165, 1.54) is 6.20 Å². The molecule has 0 bridgehead atoms. The molecule has 2 aromatic heterocycles. The number of carbonyl (C=O) groups is 1. The summed E-state index contributed by atoms with van der Waals surface area (Å²) in [4.78, 5) is 22.6. The number of aliphatic hydroxyl groups is 1. The lowest BCUT2D eigenvalue weighted by Crippen LogP contribution is -2.55. The third kappa shape index (κ3) is 3.74. The molecule has 30 heavy (non-hydrogen) atoms. The van der Waals surface area contributed by atoms with Gasteiger partial charge in [0, 0.05) is 47.9 Å². The molecule has 1 aliphatic heterocycles. The summed E-state index contributed by atoms with van der Waals surface area (Å²) < 4.78 is 1.73. The Morgan fingerprint density at radius 1 is 1.33 bits per heavy atom. The van der Waals surface area contributed by atoms with Crippen molar-refractivity contribution in [3.63, 3.8) is 0 Å². The van der Waals surface area contributed by atoms with Crippen LogP contribution in [0.1, 0.15) is 12.5 Å². The normalized spacial score (nSPS) is 16.2. The molecule has 1 aromatic carbocycles. The van der Waals surface area contributed by atoms with Crippen LogP contribution in [-0.2, 0) is 4.79 Å². The third-order valence-corrected chi connectivity index (χ3v) is 5.03. The summed E-state index contributed by atoms with van der Waals surface area (Å²) in [6.07, 6.45) is 5.96. The van der Waals surface area contributed by atoms with E-state index in [1.807, 2.05) is 30.3 Å². The van der Waals surface area contributed by atoms with Gasteiger partial charge >= 0.3 is 0 Å². The van der Waals surface area contributed by atoms with Crippen molar-refractivity contribution in [1.29, 1.82) is 0 Å². The van der Waals surface area contributed by atoms with E-state index in [-0.39, 0.29) is 5.91 Å². The van der Waals surface area contributed by atoms with Crippen molar-refractivity contribution in [3.05, 3.63) is 54.5 Å². The largest absolute Gasteiger partial charge is 0.404 e. The molecule has 3 heterocycles. The molecule has 0 saturated carbocycles. The molecule has 1 fully saturated rings. The number of nitrogen functional groups attached to an aromatic ring is 1. The number of rotatable bonds is 5. The smallest absolute Gasteiger partial charge is 0.247 e. The molecular weight excluding hydrogens is 382 g/mol. The number of fused-ring (bicyclic) bond motifs is 1. The van der Waals surface area contributed by atoms with E-state index in [4.69, 9.17) is 11.5 Å². The van der Waals surface area contributed by atoms with E-state index >= 15 is 0 Å². The highest BCUT2D eigenvalue weighted by molar-refractivity contribution is 6.10. The fraction of sp³-hybridized carbons (Fsp3) is 0.238. The lowest BCUT2D eigenvalue weighted by molar-refractivity contribution is -0.142. The minimum Gasteiger partial charge on any atom is -0.404 e. The van der Waals surface area contributed by atoms with Crippen LogP contribution < -0.4 is 11.5 Å². The van der Waals surface area contributed by atoms with Crippen LogP contribution in [0.25, 0.3) is 22.5 Å². The molecule has 9 heteroatoms. The van der Waals surface area contributed by atoms with Gasteiger partial charge in [-0.3, -0.25) is 9.79 Å². The molecule has 9 nitrogen and oxygen atoms in total. The molecule has 1 aliphatic rings. The summed E-state index contributed by atoms with van der Waals surface area (Å²) in [7, 11) is 0. The summed E-state index contributed by atoms with van der Waals surface area (Å²) in [5, 5.41) is 13.8. The van der Waals surface area contributed by atoms with Crippen molar-refractivity contribution in [2.75, 3.05) is 18.8 Å². The average molecular weight is 405 g/mol. The Morgan fingerprint density at radius 3 is 2.83 bits per heavy atom. The fourth-order valence-electron chi connectivity index (χ4n) is 3.30. The van der Waals surface area contributed by atoms with Crippen molar-refractivity contribution in [1.82, 2.24) is 19.5 Å². The Labute approximate surface area is 173 Å². The molecule has 154 valence electrons. The molecule has 1 amide bonds. The predicted octanol–water partition coefficient (Wildman–Crippen LogP) is 0.940.